The first-order chi connectivity index (χ1) is 11.3. The second-order valence-corrected chi connectivity index (χ2v) is 5.74. The number of carboxylic acids is 1. The molecule has 9 nitrogen and oxygen atoms in total. The first-order valence-corrected chi connectivity index (χ1v) is 7.67. The highest BCUT2D eigenvalue weighted by atomic mass is 79.9. The third-order valence-corrected chi connectivity index (χ3v) is 3.62. The van der Waals surface area contributed by atoms with Gasteiger partial charge in [0, 0.05) is 23.2 Å². The Balaban J connectivity index is 2.88. The number of nitro groups is 1. The zero-order valence-electron chi connectivity index (χ0n) is 13.1. The lowest BCUT2D eigenvalue weighted by Crippen LogP contribution is -2.20. The number of rotatable bonds is 9. The summed E-state index contributed by atoms with van der Waals surface area (Å²) in [6, 6.07) is 2.33. The normalized spacial score (nSPS) is 11.6. The quantitative estimate of drug-likeness (QED) is 0.278. The van der Waals surface area contributed by atoms with Gasteiger partial charge in [-0.3, -0.25) is 10.1 Å². The highest BCUT2D eigenvalue weighted by Crippen LogP contribution is 2.35. The molecule has 0 aromatic heterocycles. The fourth-order valence-electron chi connectivity index (χ4n) is 1.85. The predicted molar refractivity (Wildman–Crippen MR) is 88.3 cm³/mol. The van der Waals surface area contributed by atoms with Gasteiger partial charge in [0.25, 0.3) is 5.69 Å². The number of halogens is 1. The summed E-state index contributed by atoms with van der Waals surface area (Å²) in [5.41, 5.74) is 0.000497. The van der Waals surface area contributed by atoms with Gasteiger partial charge >= 0.3 is 11.9 Å². The Morgan fingerprint density at radius 1 is 1.46 bits per heavy atom. The monoisotopic (exact) mass is 404 g/mol. The van der Waals surface area contributed by atoms with Crippen molar-refractivity contribution in [3.8, 4) is 0 Å². The van der Waals surface area contributed by atoms with Crippen LogP contribution in [0.25, 0.3) is 0 Å². The lowest BCUT2D eigenvalue weighted by atomic mass is 10.1. The van der Waals surface area contributed by atoms with Crippen molar-refractivity contribution in [1.29, 1.82) is 0 Å². The number of ether oxygens (including phenoxy) is 2. The zero-order valence-corrected chi connectivity index (χ0v) is 14.7. The van der Waals surface area contributed by atoms with Gasteiger partial charge in [0.15, 0.2) is 0 Å². The third-order valence-electron chi connectivity index (χ3n) is 3.00. The SMILES string of the molecule is COC(=O)c1cc(Br)c(N[C@H](C)CCOCC(=O)O)c([N+](=O)[O-])c1. The van der Waals surface area contributed by atoms with Gasteiger partial charge in [-0.2, -0.15) is 0 Å². The molecule has 24 heavy (non-hydrogen) atoms. The van der Waals surface area contributed by atoms with Gasteiger partial charge < -0.3 is 19.9 Å². The largest absolute Gasteiger partial charge is 0.480 e. The maximum absolute atomic E-state index is 11.6. The van der Waals surface area contributed by atoms with E-state index < -0.39 is 23.5 Å². The molecule has 0 aliphatic carbocycles. The number of methoxy groups -OCH3 is 1. The first kappa shape index (κ1) is 19.8. The number of anilines is 1. The molecule has 0 radical (unpaired) electrons. The molecule has 1 aromatic rings. The van der Waals surface area contributed by atoms with E-state index in [2.05, 4.69) is 26.0 Å². The number of benzene rings is 1. The van der Waals surface area contributed by atoms with Crippen molar-refractivity contribution >= 4 is 39.2 Å². The lowest BCUT2D eigenvalue weighted by molar-refractivity contribution is -0.384. The van der Waals surface area contributed by atoms with E-state index in [0.29, 0.717) is 10.9 Å². The second kappa shape index (κ2) is 9.18. The number of nitro benzene ring substituents is 1. The number of aliphatic carboxylic acids is 1. The molecular formula is C14H17BrN2O7. The van der Waals surface area contributed by atoms with Crippen molar-refractivity contribution in [3.05, 3.63) is 32.3 Å². The van der Waals surface area contributed by atoms with Crippen molar-refractivity contribution in [2.24, 2.45) is 0 Å². The van der Waals surface area contributed by atoms with E-state index in [4.69, 9.17) is 9.84 Å². The number of hydrogen-bond acceptors (Lipinski definition) is 7. The van der Waals surface area contributed by atoms with Crippen LogP contribution >= 0.6 is 15.9 Å². The van der Waals surface area contributed by atoms with Crippen LogP contribution in [0.5, 0.6) is 0 Å². The summed E-state index contributed by atoms with van der Waals surface area (Å²) in [4.78, 5) is 32.6. The van der Waals surface area contributed by atoms with Gasteiger partial charge in [0.1, 0.15) is 12.3 Å². The van der Waals surface area contributed by atoms with Gasteiger partial charge in [0.05, 0.1) is 17.6 Å². The van der Waals surface area contributed by atoms with Gasteiger partial charge in [-0.15, -0.1) is 0 Å². The first-order valence-electron chi connectivity index (χ1n) is 6.88. The van der Waals surface area contributed by atoms with Crippen LogP contribution in [0.2, 0.25) is 0 Å². The zero-order chi connectivity index (χ0) is 18.3. The number of hydrogen-bond donors (Lipinski definition) is 2. The van der Waals surface area contributed by atoms with E-state index in [1.165, 1.54) is 13.2 Å². The molecule has 1 rings (SSSR count). The summed E-state index contributed by atoms with van der Waals surface area (Å²) in [5, 5.41) is 22.7. The van der Waals surface area contributed by atoms with Gasteiger partial charge in [-0.25, -0.2) is 9.59 Å². The van der Waals surface area contributed by atoms with E-state index in [9.17, 15) is 19.7 Å². The summed E-state index contributed by atoms with van der Waals surface area (Å²) in [5.74, 6) is -1.74. The third kappa shape index (κ3) is 5.78. The number of carbonyl (C=O) groups is 2. The van der Waals surface area contributed by atoms with Crippen LogP contribution < -0.4 is 5.32 Å². The fourth-order valence-corrected chi connectivity index (χ4v) is 2.42. The van der Waals surface area contributed by atoms with Crippen molar-refractivity contribution in [2.45, 2.75) is 19.4 Å². The summed E-state index contributed by atoms with van der Waals surface area (Å²) in [7, 11) is 1.19. The molecule has 132 valence electrons. The predicted octanol–water partition coefficient (Wildman–Crippen LogP) is 2.44. The molecule has 0 aliphatic rings. The molecule has 0 saturated heterocycles. The number of esters is 1. The number of nitrogens with zero attached hydrogens (tertiary/aromatic N) is 1. The Morgan fingerprint density at radius 3 is 2.67 bits per heavy atom. The maximum atomic E-state index is 11.6. The molecule has 0 fully saturated rings. The molecular weight excluding hydrogens is 388 g/mol. The number of carboxylic acid groups (broad SMARTS) is 1. The average molecular weight is 405 g/mol. The maximum Gasteiger partial charge on any atom is 0.338 e. The highest BCUT2D eigenvalue weighted by Gasteiger charge is 2.22. The number of carbonyl (C=O) groups excluding carboxylic acids is 1. The lowest BCUT2D eigenvalue weighted by Gasteiger charge is -2.17. The average Bonchev–Trinajstić information content (AvgIpc) is 2.51. The van der Waals surface area contributed by atoms with E-state index in [-0.39, 0.29) is 29.6 Å². The molecule has 0 bridgehead atoms. The topological polar surface area (TPSA) is 128 Å². The Morgan fingerprint density at radius 2 is 2.12 bits per heavy atom. The minimum atomic E-state index is -1.06. The highest BCUT2D eigenvalue weighted by molar-refractivity contribution is 9.10. The van der Waals surface area contributed by atoms with Crippen LogP contribution in [0.4, 0.5) is 11.4 Å². The summed E-state index contributed by atoms with van der Waals surface area (Å²) in [6.07, 6.45) is 0.440. The van der Waals surface area contributed by atoms with E-state index >= 15 is 0 Å². The summed E-state index contributed by atoms with van der Waals surface area (Å²) < 4.78 is 9.84. The Bertz CT molecular complexity index is 636. The van der Waals surface area contributed by atoms with Crippen molar-refractivity contribution in [3.63, 3.8) is 0 Å². The molecule has 2 N–H and O–H groups in total. The van der Waals surface area contributed by atoms with Crippen LogP contribution in [-0.4, -0.2) is 48.3 Å². The molecule has 1 atom stereocenters. The van der Waals surface area contributed by atoms with Crippen LogP contribution in [-0.2, 0) is 14.3 Å². The molecule has 0 spiro atoms. The molecule has 0 aliphatic heterocycles. The van der Waals surface area contributed by atoms with Gasteiger partial charge in [0.2, 0.25) is 0 Å². The fraction of sp³-hybridized carbons (Fsp3) is 0.429. The Kier molecular flexibility index (Phi) is 7.59. The number of nitrogens with one attached hydrogen (secondary N) is 1. The second-order valence-electron chi connectivity index (χ2n) is 4.88. The standard InChI is InChI=1S/C14H17BrN2O7/c1-8(3-4-24-7-12(18)19)16-13-10(15)5-9(14(20)23-2)6-11(13)17(21)22/h5-6,8,16H,3-4,7H2,1-2H3,(H,18,19)/t8-/m1/s1. The summed E-state index contributed by atoms with van der Waals surface area (Å²) >= 11 is 3.21. The smallest absolute Gasteiger partial charge is 0.338 e. The van der Waals surface area contributed by atoms with E-state index in [1.807, 2.05) is 0 Å². The minimum absolute atomic E-state index is 0.0547. The van der Waals surface area contributed by atoms with Crippen LogP contribution in [0.15, 0.2) is 16.6 Å². The summed E-state index contributed by atoms with van der Waals surface area (Å²) in [6.45, 7) is 1.56. The van der Waals surface area contributed by atoms with Crippen LogP contribution in [0, 0.1) is 10.1 Å². The molecule has 0 amide bonds. The molecule has 0 saturated carbocycles. The molecule has 1 aromatic carbocycles. The Hall–Kier alpha value is -2.20. The molecule has 0 heterocycles. The van der Waals surface area contributed by atoms with Crippen molar-refractivity contribution in [2.75, 3.05) is 25.6 Å². The van der Waals surface area contributed by atoms with Crippen molar-refractivity contribution < 1.29 is 29.1 Å². The van der Waals surface area contributed by atoms with Crippen LogP contribution in [0.3, 0.4) is 0 Å². The van der Waals surface area contributed by atoms with Crippen molar-refractivity contribution in [1.82, 2.24) is 0 Å². The molecule has 10 heteroatoms. The van der Waals surface area contributed by atoms with Gasteiger partial charge in [-0.1, -0.05) is 0 Å². The Labute approximate surface area is 146 Å². The molecule has 0 unspecified atom stereocenters. The van der Waals surface area contributed by atoms with Gasteiger partial charge in [-0.05, 0) is 35.3 Å². The van der Waals surface area contributed by atoms with E-state index in [0.717, 1.165) is 6.07 Å². The minimum Gasteiger partial charge on any atom is -0.480 e. The van der Waals surface area contributed by atoms with Crippen LogP contribution in [0.1, 0.15) is 23.7 Å². The van der Waals surface area contributed by atoms with E-state index in [1.54, 1.807) is 6.92 Å².